The summed E-state index contributed by atoms with van der Waals surface area (Å²) in [5.74, 6) is 0.916. The molecule has 120 valence electrons. The maximum Gasteiger partial charge on any atom is 0.120 e. The number of ether oxygens (including phenoxy) is 1. The normalized spacial score (nSPS) is 10.1. The quantitative estimate of drug-likeness (QED) is 0.647. The molecule has 1 N–H and O–H groups in total. The first-order valence-electron chi connectivity index (χ1n) is 7.39. The minimum absolute atomic E-state index is 0. The Bertz CT molecular complexity index is 686. The number of halogens is 1. The standard InChI is InChI=1S/C19H19NOS.ClH/c1-2-6-16(7-3-1)15-21-18-9-4-8-17(12-18)13-20-14-19-10-5-11-22-19;/h1-12,20H,13-15H2;1H. The molecule has 0 bridgehead atoms. The van der Waals surface area contributed by atoms with Gasteiger partial charge in [0, 0.05) is 18.0 Å². The molecule has 0 amide bonds. The van der Waals surface area contributed by atoms with Gasteiger partial charge in [-0.05, 0) is 34.7 Å². The lowest BCUT2D eigenvalue weighted by Crippen LogP contribution is -2.11. The molecule has 3 rings (SSSR count). The van der Waals surface area contributed by atoms with E-state index in [-0.39, 0.29) is 12.4 Å². The van der Waals surface area contributed by atoms with E-state index in [1.54, 1.807) is 11.3 Å². The van der Waals surface area contributed by atoms with Crippen molar-refractivity contribution in [3.05, 3.63) is 88.1 Å². The number of hydrogen-bond donors (Lipinski definition) is 1. The monoisotopic (exact) mass is 345 g/mol. The third-order valence-corrected chi connectivity index (χ3v) is 4.23. The lowest BCUT2D eigenvalue weighted by Gasteiger charge is -2.09. The molecule has 1 heterocycles. The zero-order chi connectivity index (χ0) is 15.0. The molecule has 0 atom stereocenters. The molecule has 2 nitrogen and oxygen atoms in total. The summed E-state index contributed by atoms with van der Waals surface area (Å²) in [5, 5.41) is 5.57. The Hall–Kier alpha value is -1.81. The number of rotatable bonds is 7. The van der Waals surface area contributed by atoms with Crippen LogP contribution in [0.2, 0.25) is 0 Å². The van der Waals surface area contributed by atoms with E-state index < -0.39 is 0 Å². The van der Waals surface area contributed by atoms with Crippen LogP contribution in [0.4, 0.5) is 0 Å². The molecule has 0 aliphatic rings. The first-order chi connectivity index (χ1) is 10.9. The van der Waals surface area contributed by atoms with Crippen LogP contribution in [0.5, 0.6) is 5.75 Å². The van der Waals surface area contributed by atoms with Crippen LogP contribution in [0, 0.1) is 0 Å². The number of benzene rings is 2. The molecule has 0 fully saturated rings. The summed E-state index contributed by atoms with van der Waals surface area (Å²) in [4.78, 5) is 1.36. The van der Waals surface area contributed by atoms with Crippen molar-refractivity contribution in [3.8, 4) is 5.75 Å². The minimum Gasteiger partial charge on any atom is -0.489 e. The maximum absolute atomic E-state index is 5.86. The molecule has 0 spiro atoms. The summed E-state index contributed by atoms with van der Waals surface area (Å²) in [5.41, 5.74) is 2.42. The second-order valence-electron chi connectivity index (χ2n) is 5.10. The van der Waals surface area contributed by atoms with Crippen LogP contribution in [0.25, 0.3) is 0 Å². The molecule has 0 radical (unpaired) electrons. The van der Waals surface area contributed by atoms with E-state index in [1.807, 2.05) is 30.3 Å². The molecule has 0 aliphatic heterocycles. The van der Waals surface area contributed by atoms with Gasteiger partial charge in [0.15, 0.2) is 0 Å². The van der Waals surface area contributed by atoms with Crippen LogP contribution in [0.3, 0.4) is 0 Å². The Kier molecular flexibility index (Phi) is 7.14. The van der Waals surface area contributed by atoms with Crippen LogP contribution in [-0.2, 0) is 19.7 Å². The van der Waals surface area contributed by atoms with Crippen molar-refractivity contribution in [1.29, 1.82) is 0 Å². The fraction of sp³-hybridized carbons (Fsp3) is 0.158. The van der Waals surface area contributed by atoms with E-state index in [1.165, 1.54) is 16.0 Å². The van der Waals surface area contributed by atoms with Gasteiger partial charge in [-0.3, -0.25) is 0 Å². The van der Waals surface area contributed by atoms with Crippen LogP contribution < -0.4 is 10.1 Å². The van der Waals surface area contributed by atoms with Gasteiger partial charge >= 0.3 is 0 Å². The number of nitrogens with one attached hydrogen (secondary N) is 1. The second-order valence-corrected chi connectivity index (χ2v) is 6.14. The molecule has 0 saturated heterocycles. The van der Waals surface area contributed by atoms with Crippen LogP contribution in [0.15, 0.2) is 72.1 Å². The van der Waals surface area contributed by atoms with E-state index in [4.69, 9.17) is 4.74 Å². The Morgan fingerprint density at radius 3 is 2.43 bits per heavy atom. The highest BCUT2D eigenvalue weighted by Crippen LogP contribution is 2.15. The van der Waals surface area contributed by atoms with Gasteiger partial charge in [0.2, 0.25) is 0 Å². The molecular weight excluding hydrogens is 326 g/mol. The number of thiophene rings is 1. The molecule has 2 aromatic carbocycles. The Morgan fingerprint density at radius 2 is 1.65 bits per heavy atom. The molecule has 0 saturated carbocycles. The van der Waals surface area contributed by atoms with Crippen molar-refractivity contribution in [2.75, 3.05) is 0 Å². The third kappa shape index (κ3) is 5.71. The van der Waals surface area contributed by atoms with Gasteiger partial charge in [0.1, 0.15) is 12.4 Å². The Labute approximate surface area is 147 Å². The van der Waals surface area contributed by atoms with Gasteiger partial charge in [0.05, 0.1) is 0 Å². The lowest BCUT2D eigenvalue weighted by molar-refractivity contribution is 0.306. The summed E-state index contributed by atoms with van der Waals surface area (Å²) >= 11 is 1.78. The largest absolute Gasteiger partial charge is 0.489 e. The summed E-state index contributed by atoms with van der Waals surface area (Å²) in [6.45, 7) is 2.36. The fourth-order valence-corrected chi connectivity index (χ4v) is 2.90. The first kappa shape index (κ1) is 17.5. The van der Waals surface area contributed by atoms with Gasteiger partial charge in [-0.25, -0.2) is 0 Å². The Morgan fingerprint density at radius 1 is 0.826 bits per heavy atom. The minimum atomic E-state index is 0. The zero-order valence-corrected chi connectivity index (χ0v) is 14.4. The van der Waals surface area contributed by atoms with Gasteiger partial charge in [-0.1, -0.05) is 48.5 Å². The summed E-state index contributed by atoms with van der Waals surface area (Å²) in [6.07, 6.45) is 0. The predicted molar refractivity (Wildman–Crippen MR) is 99.3 cm³/mol. The fourth-order valence-electron chi connectivity index (χ4n) is 2.23. The van der Waals surface area contributed by atoms with E-state index >= 15 is 0 Å². The van der Waals surface area contributed by atoms with Crippen molar-refractivity contribution < 1.29 is 4.74 Å². The van der Waals surface area contributed by atoms with Crippen molar-refractivity contribution in [1.82, 2.24) is 5.32 Å². The smallest absolute Gasteiger partial charge is 0.120 e. The lowest BCUT2D eigenvalue weighted by atomic mass is 10.2. The molecule has 3 aromatic rings. The van der Waals surface area contributed by atoms with E-state index in [0.717, 1.165) is 18.8 Å². The number of hydrogen-bond acceptors (Lipinski definition) is 3. The average molecular weight is 346 g/mol. The molecular formula is C19H20ClNOS. The summed E-state index contributed by atoms with van der Waals surface area (Å²) < 4.78 is 5.86. The SMILES string of the molecule is Cl.c1ccc(COc2cccc(CNCc3cccs3)c2)cc1. The topological polar surface area (TPSA) is 21.3 Å². The Balaban J connectivity index is 0.00000192. The molecule has 1 aromatic heterocycles. The molecule has 23 heavy (non-hydrogen) atoms. The highest BCUT2D eigenvalue weighted by molar-refractivity contribution is 7.09. The van der Waals surface area contributed by atoms with Gasteiger partial charge in [0.25, 0.3) is 0 Å². The highest BCUT2D eigenvalue weighted by atomic mass is 35.5. The summed E-state index contributed by atoms with van der Waals surface area (Å²) in [7, 11) is 0. The second kappa shape index (κ2) is 9.36. The van der Waals surface area contributed by atoms with Crippen molar-refractivity contribution in [3.63, 3.8) is 0 Å². The first-order valence-corrected chi connectivity index (χ1v) is 8.27. The van der Waals surface area contributed by atoms with Gasteiger partial charge < -0.3 is 10.1 Å². The van der Waals surface area contributed by atoms with Crippen LogP contribution in [-0.4, -0.2) is 0 Å². The highest BCUT2D eigenvalue weighted by Gasteiger charge is 1.99. The molecule has 0 aliphatic carbocycles. The maximum atomic E-state index is 5.86. The van der Waals surface area contributed by atoms with Gasteiger partial charge in [-0.15, -0.1) is 23.7 Å². The predicted octanol–water partition coefficient (Wildman–Crippen LogP) is 5.04. The summed E-state index contributed by atoms with van der Waals surface area (Å²) in [6, 6.07) is 22.7. The van der Waals surface area contributed by atoms with E-state index in [0.29, 0.717) is 6.61 Å². The third-order valence-electron chi connectivity index (χ3n) is 3.36. The van der Waals surface area contributed by atoms with Crippen molar-refractivity contribution in [2.45, 2.75) is 19.7 Å². The van der Waals surface area contributed by atoms with Crippen LogP contribution >= 0.6 is 23.7 Å². The van der Waals surface area contributed by atoms with Crippen molar-refractivity contribution in [2.24, 2.45) is 0 Å². The van der Waals surface area contributed by atoms with Gasteiger partial charge in [-0.2, -0.15) is 0 Å². The molecule has 0 unspecified atom stereocenters. The van der Waals surface area contributed by atoms with Crippen LogP contribution in [0.1, 0.15) is 16.0 Å². The zero-order valence-electron chi connectivity index (χ0n) is 12.8. The van der Waals surface area contributed by atoms with E-state index in [2.05, 4.69) is 47.1 Å². The average Bonchev–Trinajstić information content (AvgIpc) is 3.08. The van der Waals surface area contributed by atoms with E-state index in [9.17, 15) is 0 Å². The molecule has 4 heteroatoms. The van der Waals surface area contributed by atoms with Crippen molar-refractivity contribution >= 4 is 23.7 Å².